The van der Waals surface area contributed by atoms with Crippen molar-refractivity contribution in [2.45, 2.75) is 25.8 Å². The maximum absolute atomic E-state index is 11.7. The zero-order valence-electron chi connectivity index (χ0n) is 15.0. The minimum absolute atomic E-state index is 0.233. The van der Waals surface area contributed by atoms with E-state index >= 15 is 0 Å². The predicted molar refractivity (Wildman–Crippen MR) is 94.9 cm³/mol. The molecule has 1 aromatic rings. The van der Waals surface area contributed by atoms with Crippen LogP contribution in [0.5, 0.6) is 0 Å². The third kappa shape index (κ3) is 4.50. The van der Waals surface area contributed by atoms with Crippen molar-refractivity contribution >= 4 is 24.3 Å². The summed E-state index contributed by atoms with van der Waals surface area (Å²) in [5.74, 6) is 1.26. The summed E-state index contributed by atoms with van der Waals surface area (Å²) in [6, 6.07) is 0.233. The number of aromatic nitrogens is 3. The molecule has 10 heteroatoms. The minimum atomic E-state index is -0.244. The van der Waals surface area contributed by atoms with E-state index in [0.717, 1.165) is 19.3 Å². The highest BCUT2D eigenvalue weighted by atomic mass is 16.6. The molecule has 2 fully saturated rings. The summed E-state index contributed by atoms with van der Waals surface area (Å²) in [5, 5.41) is 11.5. The Morgan fingerprint density at radius 2 is 2.00 bits per heavy atom. The van der Waals surface area contributed by atoms with Gasteiger partial charge in [-0.1, -0.05) is 0 Å². The highest BCUT2D eigenvalue weighted by Gasteiger charge is 2.24. The van der Waals surface area contributed by atoms with Gasteiger partial charge in [-0.3, -0.25) is 4.79 Å². The maximum atomic E-state index is 11.7. The number of ether oxygens (including phenoxy) is 1. The zero-order valence-corrected chi connectivity index (χ0v) is 15.0. The number of hydrogen-bond acceptors (Lipinski definition) is 8. The van der Waals surface area contributed by atoms with Crippen molar-refractivity contribution in [1.29, 1.82) is 0 Å². The van der Waals surface area contributed by atoms with E-state index in [9.17, 15) is 9.59 Å². The molecule has 26 heavy (non-hydrogen) atoms. The fourth-order valence-corrected chi connectivity index (χ4v) is 3.16. The predicted octanol–water partition coefficient (Wildman–Crippen LogP) is 0.183. The number of amides is 2. The highest BCUT2D eigenvalue weighted by Crippen LogP contribution is 2.17. The van der Waals surface area contributed by atoms with Gasteiger partial charge in [0.25, 0.3) is 0 Å². The first-order valence-electron chi connectivity index (χ1n) is 9.02. The van der Waals surface area contributed by atoms with Crippen molar-refractivity contribution in [2.24, 2.45) is 0 Å². The Balaban J connectivity index is 1.52. The number of nitrogens with zero attached hydrogens (tertiary/aromatic N) is 6. The molecule has 0 bridgehead atoms. The summed E-state index contributed by atoms with van der Waals surface area (Å²) in [5.41, 5.74) is 0. The molecule has 0 aromatic carbocycles. The number of piperazine rings is 1. The van der Waals surface area contributed by atoms with Crippen molar-refractivity contribution in [3.05, 3.63) is 6.20 Å². The molecule has 0 saturated carbocycles. The second-order valence-electron chi connectivity index (χ2n) is 6.37. The molecule has 0 atom stereocenters. The molecular weight excluding hydrogens is 338 g/mol. The number of nitrogens with one attached hydrogen (secondary N) is 1. The molecule has 0 spiro atoms. The number of carbonyl (C=O) groups excluding carboxylic acids is 2. The molecule has 2 aliphatic heterocycles. The molecule has 2 saturated heterocycles. The number of likely N-dealkylation sites (tertiary alicyclic amines) is 1. The van der Waals surface area contributed by atoms with Crippen LogP contribution in [-0.2, 0) is 9.53 Å². The summed E-state index contributed by atoms with van der Waals surface area (Å²) in [4.78, 5) is 32.6. The Morgan fingerprint density at radius 3 is 2.65 bits per heavy atom. The number of rotatable bonds is 5. The lowest BCUT2D eigenvalue weighted by Crippen LogP contribution is -2.46. The van der Waals surface area contributed by atoms with Crippen LogP contribution in [-0.4, -0.2) is 89.4 Å². The van der Waals surface area contributed by atoms with Gasteiger partial charge >= 0.3 is 6.09 Å². The van der Waals surface area contributed by atoms with Crippen molar-refractivity contribution in [2.75, 3.05) is 56.1 Å². The largest absolute Gasteiger partial charge is 0.450 e. The molecular formula is C16H25N7O3. The Kier molecular flexibility index (Phi) is 6.03. The standard InChI is InChI=1S/C16H25N7O3/c1-2-26-16(25)23-5-3-13(4-6-23)18-14-11-17-20-15(19-14)22-9-7-21(12-24)8-10-22/h11-13H,2-10H2,1H3,(H,18,19,20). The molecule has 0 unspecified atom stereocenters. The van der Waals surface area contributed by atoms with E-state index in [1.165, 1.54) is 0 Å². The van der Waals surface area contributed by atoms with E-state index in [2.05, 4.69) is 20.5 Å². The van der Waals surface area contributed by atoms with Gasteiger partial charge in [-0.05, 0) is 19.8 Å². The smallest absolute Gasteiger partial charge is 0.409 e. The average Bonchev–Trinajstić information content (AvgIpc) is 2.69. The maximum Gasteiger partial charge on any atom is 0.409 e. The lowest BCUT2D eigenvalue weighted by atomic mass is 10.1. The second kappa shape index (κ2) is 8.63. The fourth-order valence-electron chi connectivity index (χ4n) is 3.16. The quantitative estimate of drug-likeness (QED) is 0.739. The van der Waals surface area contributed by atoms with Gasteiger partial charge in [0.05, 0.1) is 12.8 Å². The second-order valence-corrected chi connectivity index (χ2v) is 6.37. The molecule has 2 aliphatic rings. The Hall–Kier alpha value is -2.65. The van der Waals surface area contributed by atoms with Crippen molar-refractivity contribution in [3.8, 4) is 0 Å². The van der Waals surface area contributed by atoms with Crippen LogP contribution >= 0.6 is 0 Å². The number of anilines is 2. The zero-order chi connectivity index (χ0) is 18.4. The first-order valence-corrected chi connectivity index (χ1v) is 9.02. The Bertz CT molecular complexity index is 614. The Morgan fingerprint density at radius 1 is 1.27 bits per heavy atom. The van der Waals surface area contributed by atoms with Crippen LogP contribution in [0.4, 0.5) is 16.6 Å². The van der Waals surface area contributed by atoms with Crippen molar-refractivity contribution in [3.63, 3.8) is 0 Å². The normalized spacial score (nSPS) is 18.6. The molecule has 0 radical (unpaired) electrons. The van der Waals surface area contributed by atoms with E-state index in [-0.39, 0.29) is 12.1 Å². The van der Waals surface area contributed by atoms with E-state index in [4.69, 9.17) is 4.74 Å². The van der Waals surface area contributed by atoms with Crippen molar-refractivity contribution in [1.82, 2.24) is 25.0 Å². The molecule has 2 amide bonds. The van der Waals surface area contributed by atoms with Gasteiger partial charge in [0.15, 0.2) is 5.82 Å². The third-order valence-corrected chi connectivity index (χ3v) is 4.67. The number of carbonyl (C=O) groups is 2. The summed E-state index contributed by atoms with van der Waals surface area (Å²) >= 11 is 0. The van der Waals surface area contributed by atoms with E-state index < -0.39 is 0 Å². The summed E-state index contributed by atoms with van der Waals surface area (Å²) in [6.07, 6.45) is 3.90. The van der Waals surface area contributed by atoms with Gasteiger partial charge in [0.1, 0.15) is 0 Å². The monoisotopic (exact) mass is 363 g/mol. The third-order valence-electron chi connectivity index (χ3n) is 4.67. The SMILES string of the molecule is CCOC(=O)N1CCC(Nc2cnnc(N3CCN(C=O)CC3)n2)CC1. The van der Waals surface area contributed by atoms with Crippen LogP contribution < -0.4 is 10.2 Å². The van der Waals surface area contributed by atoms with Gasteiger partial charge in [-0.15, -0.1) is 5.10 Å². The van der Waals surface area contributed by atoms with Gasteiger partial charge in [-0.25, -0.2) is 4.79 Å². The molecule has 3 heterocycles. The van der Waals surface area contributed by atoms with Crippen LogP contribution in [0.2, 0.25) is 0 Å². The first kappa shape index (κ1) is 18.2. The average molecular weight is 363 g/mol. The van der Waals surface area contributed by atoms with E-state index in [1.807, 2.05) is 11.8 Å². The number of piperidine rings is 1. The molecule has 0 aliphatic carbocycles. The van der Waals surface area contributed by atoms with Crippen molar-refractivity contribution < 1.29 is 14.3 Å². The minimum Gasteiger partial charge on any atom is -0.450 e. The summed E-state index contributed by atoms with van der Waals surface area (Å²) in [7, 11) is 0. The van der Waals surface area contributed by atoms with Crippen LogP contribution in [0.3, 0.4) is 0 Å². The molecule has 10 nitrogen and oxygen atoms in total. The van der Waals surface area contributed by atoms with Crippen LogP contribution in [0.25, 0.3) is 0 Å². The van der Waals surface area contributed by atoms with Crippen LogP contribution in [0.1, 0.15) is 19.8 Å². The molecule has 3 rings (SSSR count). The molecule has 1 N–H and O–H groups in total. The van der Waals surface area contributed by atoms with Gasteiger partial charge in [0, 0.05) is 45.3 Å². The summed E-state index contributed by atoms with van der Waals surface area (Å²) < 4.78 is 5.04. The van der Waals surface area contributed by atoms with Gasteiger partial charge in [0.2, 0.25) is 12.4 Å². The van der Waals surface area contributed by atoms with Gasteiger partial charge < -0.3 is 24.8 Å². The lowest BCUT2D eigenvalue weighted by Gasteiger charge is -2.33. The van der Waals surface area contributed by atoms with E-state index in [0.29, 0.717) is 57.6 Å². The summed E-state index contributed by atoms with van der Waals surface area (Å²) in [6.45, 7) is 6.25. The number of hydrogen-bond donors (Lipinski definition) is 1. The van der Waals surface area contributed by atoms with Gasteiger partial charge in [-0.2, -0.15) is 10.1 Å². The molecule has 142 valence electrons. The highest BCUT2D eigenvalue weighted by molar-refractivity contribution is 5.67. The van der Waals surface area contributed by atoms with E-state index in [1.54, 1.807) is 16.0 Å². The van der Waals surface area contributed by atoms with Crippen LogP contribution in [0, 0.1) is 0 Å². The molecule has 1 aromatic heterocycles. The topological polar surface area (TPSA) is 104 Å². The Labute approximate surface area is 152 Å². The fraction of sp³-hybridized carbons (Fsp3) is 0.688. The van der Waals surface area contributed by atoms with Crippen LogP contribution in [0.15, 0.2) is 6.20 Å². The lowest BCUT2D eigenvalue weighted by molar-refractivity contribution is -0.118. The first-order chi connectivity index (χ1) is 12.7.